The fourth-order valence-corrected chi connectivity index (χ4v) is 3.92. The number of nitro benzene ring substituents is 1. The van der Waals surface area contributed by atoms with Crippen LogP contribution in [0.1, 0.15) is 32.1 Å². The average Bonchev–Trinajstić information content (AvgIpc) is 2.48. The lowest BCUT2D eigenvalue weighted by atomic mass is 9.87. The van der Waals surface area contributed by atoms with E-state index in [2.05, 4.69) is 0 Å². The SMILES string of the molecule is O=C(CS(=O)(=O)c1ccc([N+](=O)[O-])cc1)C1CCCCC1. The first-order valence-electron chi connectivity index (χ1n) is 6.90. The van der Waals surface area contributed by atoms with Gasteiger partial charge in [-0.25, -0.2) is 8.42 Å². The highest BCUT2D eigenvalue weighted by Crippen LogP contribution is 2.26. The Morgan fingerprint density at radius 2 is 1.71 bits per heavy atom. The molecular weight excluding hydrogens is 294 g/mol. The topological polar surface area (TPSA) is 94.3 Å². The third-order valence-electron chi connectivity index (χ3n) is 3.80. The van der Waals surface area contributed by atoms with Gasteiger partial charge in [0.1, 0.15) is 5.75 Å². The molecule has 0 aliphatic heterocycles. The number of benzene rings is 1. The Kier molecular flexibility index (Phi) is 4.72. The molecule has 1 aromatic rings. The van der Waals surface area contributed by atoms with Gasteiger partial charge in [-0.15, -0.1) is 0 Å². The van der Waals surface area contributed by atoms with Gasteiger partial charge in [0.05, 0.1) is 9.82 Å². The number of nitrogens with zero attached hydrogens (tertiary/aromatic N) is 1. The lowest BCUT2D eigenvalue weighted by Crippen LogP contribution is -2.25. The van der Waals surface area contributed by atoms with Gasteiger partial charge in [0, 0.05) is 18.1 Å². The molecule has 0 saturated heterocycles. The summed E-state index contributed by atoms with van der Waals surface area (Å²) in [7, 11) is -3.72. The van der Waals surface area contributed by atoms with Gasteiger partial charge in [0.15, 0.2) is 15.6 Å². The molecule has 2 rings (SSSR count). The summed E-state index contributed by atoms with van der Waals surface area (Å²) in [6.07, 6.45) is 4.55. The maximum atomic E-state index is 12.2. The number of sulfone groups is 1. The van der Waals surface area contributed by atoms with E-state index >= 15 is 0 Å². The molecule has 1 aliphatic carbocycles. The van der Waals surface area contributed by atoms with Crippen LogP contribution in [0.15, 0.2) is 29.2 Å². The number of carbonyl (C=O) groups is 1. The number of carbonyl (C=O) groups excluding carboxylic acids is 1. The van der Waals surface area contributed by atoms with Crippen LogP contribution in [0.5, 0.6) is 0 Å². The maximum Gasteiger partial charge on any atom is 0.269 e. The molecular formula is C14H17NO5S. The Hall–Kier alpha value is -1.76. The molecule has 0 N–H and O–H groups in total. The molecule has 0 spiro atoms. The molecule has 114 valence electrons. The molecule has 6 nitrogen and oxygen atoms in total. The normalized spacial score (nSPS) is 16.6. The molecule has 7 heteroatoms. The molecule has 0 amide bonds. The minimum atomic E-state index is -3.72. The third-order valence-corrected chi connectivity index (χ3v) is 5.45. The Bertz CT molecular complexity index is 630. The van der Waals surface area contributed by atoms with Crippen LogP contribution in [-0.2, 0) is 14.6 Å². The fourth-order valence-electron chi connectivity index (χ4n) is 2.59. The largest absolute Gasteiger partial charge is 0.298 e. The molecule has 0 heterocycles. The number of rotatable bonds is 5. The van der Waals surface area contributed by atoms with Crippen molar-refractivity contribution < 1.29 is 18.1 Å². The minimum absolute atomic E-state index is 0.0442. The van der Waals surface area contributed by atoms with E-state index < -0.39 is 20.5 Å². The van der Waals surface area contributed by atoms with E-state index in [0.29, 0.717) is 0 Å². The molecule has 21 heavy (non-hydrogen) atoms. The van der Waals surface area contributed by atoms with Crippen molar-refractivity contribution in [2.24, 2.45) is 5.92 Å². The van der Waals surface area contributed by atoms with Crippen LogP contribution in [0, 0.1) is 16.0 Å². The van der Waals surface area contributed by atoms with Crippen LogP contribution in [-0.4, -0.2) is 24.9 Å². The Morgan fingerprint density at radius 3 is 2.24 bits per heavy atom. The summed E-state index contributed by atoms with van der Waals surface area (Å²) in [4.78, 5) is 22.0. The van der Waals surface area contributed by atoms with E-state index in [0.717, 1.165) is 44.2 Å². The molecule has 0 unspecified atom stereocenters. The highest BCUT2D eigenvalue weighted by Gasteiger charge is 2.27. The zero-order valence-electron chi connectivity index (χ0n) is 11.5. The Balaban J connectivity index is 2.10. The predicted octanol–water partition coefficient (Wildman–Crippen LogP) is 2.52. The van der Waals surface area contributed by atoms with Crippen LogP contribution >= 0.6 is 0 Å². The molecule has 1 aromatic carbocycles. The lowest BCUT2D eigenvalue weighted by Gasteiger charge is -2.20. The van der Waals surface area contributed by atoms with Crippen LogP contribution in [0.25, 0.3) is 0 Å². The Labute approximate surface area is 123 Å². The van der Waals surface area contributed by atoms with E-state index in [4.69, 9.17) is 0 Å². The summed E-state index contributed by atoms with van der Waals surface area (Å²) in [5.41, 5.74) is -0.174. The predicted molar refractivity (Wildman–Crippen MR) is 76.7 cm³/mol. The van der Waals surface area contributed by atoms with E-state index in [1.165, 1.54) is 12.1 Å². The van der Waals surface area contributed by atoms with Crippen LogP contribution in [0.3, 0.4) is 0 Å². The first-order chi connectivity index (χ1) is 9.90. The van der Waals surface area contributed by atoms with Gasteiger partial charge in [-0.3, -0.25) is 14.9 Å². The fraction of sp³-hybridized carbons (Fsp3) is 0.500. The number of hydrogen-bond acceptors (Lipinski definition) is 5. The standard InChI is InChI=1S/C14H17NO5S/c16-14(11-4-2-1-3-5-11)10-21(19,20)13-8-6-12(7-9-13)15(17)18/h6-9,11H,1-5,10H2. The van der Waals surface area contributed by atoms with Gasteiger partial charge in [0.2, 0.25) is 0 Å². The quantitative estimate of drug-likeness (QED) is 0.615. The van der Waals surface area contributed by atoms with Crippen molar-refractivity contribution in [1.82, 2.24) is 0 Å². The highest BCUT2D eigenvalue weighted by atomic mass is 32.2. The van der Waals surface area contributed by atoms with Crippen LogP contribution in [0.4, 0.5) is 5.69 Å². The van der Waals surface area contributed by atoms with Crippen LogP contribution < -0.4 is 0 Å². The van der Waals surface area contributed by atoms with Gasteiger partial charge < -0.3 is 0 Å². The van der Waals surface area contributed by atoms with Gasteiger partial charge >= 0.3 is 0 Å². The second-order valence-corrected chi connectivity index (χ2v) is 7.30. The molecule has 0 radical (unpaired) electrons. The van der Waals surface area contributed by atoms with E-state index in [1.807, 2.05) is 0 Å². The summed E-state index contributed by atoms with van der Waals surface area (Å²) in [5.74, 6) is -0.921. The van der Waals surface area contributed by atoms with Crippen molar-refractivity contribution >= 4 is 21.3 Å². The van der Waals surface area contributed by atoms with E-state index in [1.54, 1.807) is 0 Å². The lowest BCUT2D eigenvalue weighted by molar-refractivity contribution is -0.384. The first-order valence-corrected chi connectivity index (χ1v) is 8.55. The number of non-ortho nitro benzene ring substituents is 1. The zero-order valence-corrected chi connectivity index (χ0v) is 12.3. The smallest absolute Gasteiger partial charge is 0.269 e. The molecule has 1 saturated carbocycles. The van der Waals surface area contributed by atoms with E-state index in [-0.39, 0.29) is 22.3 Å². The molecule has 0 atom stereocenters. The summed E-state index contributed by atoms with van der Waals surface area (Å²) in [6.45, 7) is 0. The zero-order chi connectivity index (χ0) is 15.5. The average molecular weight is 311 g/mol. The number of hydrogen-bond donors (Lipinski definition) is 0. The minimum Gasteiger partial charge on any atom is -0.298 e. The van der Waals surface area contributed by atoms with Crippen molar-refractivity contribution in [3.63, 3.8) is 0 Å². The van der Waals surface area contributed by atoms with Gasteiger partial charge in [-0.2, -0.15) is 0 Å². The number of Topliss-reactive ketones (excluding diaryl/α,β-unsaturated/α-hetero) is 1. The molecule has 0 aromatic heterocycles. The molecule has 0 bridgehead atoms. The summed E-state index contributed by atoms with van der Waals surface area (Å²) < 4.78 is 24.4. The van der Waals surface area contributed by atoms with Gasteiger partial charge in [-0.05, 0) is 25.0 Å². The number of ketones is 1. The van der Waals surface area contributed by atoms with Gasteiger partial charge in [0.25, 0.3) is 5.69 Å². The second kappa shape index (κ2) is 6.34. The third kappa shape index (κ3) is 3.87. The van der Waals surface area contributed by atoms with Crippen molar-refractivity contribution in [2.45, 2.75) is 37.0 Å². The second-order valence-electron chi connectivity index (χ2n) is 5.31. The maximum absolute atomic E-state index is 12.2. The van der Waals surface area contributed by atoms with E-state index in [9.17, 15) is 23.3 Å². The summed E-state index contributed by atoms with van der Waals surface area (Å²) in [5, 5.41) is 10.5. The first kappa shape index (κ1) is 15.6. The number of nitro groups is 1. The highest BCUT2D eigenvalue weighted by molar-refractivity contribution is 7.92. The summed E-state index contributed by atoms with van der Waals surface area (Å²) >= 11 is 0. The Morgan fingerprint density at radius 1 is 1.14 bits per heavy atom. The summed E-state index contributed by atoms with van der Waals surface area (Å²) in [6, 6.07) is 4.64. The van der Waals surface area contributed by atoms with Crippen molar-refractivity contribution in [3.8, 4) is 0 Å². The van der Waals surface area contributed by atoms with Crippen molar-refractivity contribution in [3.05, 3.63) is 34.4 Å². The van der Waals surface area contributed by atoms with Crippen LogP contribution in [0.2, 0.25) is 0 Å². The molecule has 1 fully saturated rings. The molecule has 1 aliphatic rings. The van der Waals surface area contributed by atoms with Crippen molar-refractivity contribution in [1.29, 1.82) is 0 Å². The van der Waals surface area contributed by atoms with Crippen molar-refractivity contribution in [2.75, 3.05) is 5.75 Å². The monoisotopic (exact) mass is 311 g/mol. The van der Waals surface area contributed by atoms with Gasteiger partial charge in [-0.1, -0.05) is 19.3 Å².